The Hall–Kier alpha value is -1.60. The Morgan fingerprint density at radius 2 is 1.84 bits per heavy atom. The average molecular weight is 287 g/mol. The Bertz CT molecular complexity index is 548. The van der Waals surface area contributed by atoms with Crippen LogP contribution in [0.4, 0.5) is 0 Å². The number of nitrogens with one attached hydrogen (secondary N) is 1. The van der Waals surface area contributed by atoms with E-state index >= 15 is 0 Å². The van der Waals surface area contributed by atoms with Crippen LogP contribution in [-0.4, -0.2) is 31.6 Å². The standard InChI is InChI=1S/C12H17NO5S/c1-4-18-9-5-7-10(8-6-9)19(16,17)13-12(2,3)11(14)15/h5-8,13H,4H2,1-3H3,(H,14,15). The first-order valence-corrected chi connectivity index (χ1v) is 7.17. The second kappa shape index (κ2) is 5.58. The van der Waals surface area contributed by atoms with Gasteiger partial charge in [-0.25, -0.2) is 8.42 Å². The number of hydrogen-bond donors (Lipinski definition) is 2. The Labute approximate surface area is 112 Å². The first-order chi connectivity index (χ1) is 8.69. The molecule has 1 rings (SSSR count). The summed E-state index contributed by atoms with van der Waals surface area (Å²) in [5, 5.41) is 8.92. The highest BCUT2D eigenvalue weighted by Crippen LogP contribution is 2.17. The summed E-state index contributed by atoms with van der Waals surface area (Å²) >= 11 is 0. The van der Waals surface area contributed by atoms with E-state index in [1.54, 1.807) is 0 Å². The van der Waals surface area contributed by atoms with Gasteiger partial charge in [0.2, 0.25) is 10.0 Å². The molecule has 0 aliphatic rings. The molecule has 0 fully saturated rings. The molecule has 0 atom stereocenters. The minimum absolute atomic E-state index is 0.00900. The van der Waals surface area contributed by atoms with E-state index in [2.05, 4.69) is 4.72 Å². The van der Waals surface area contributed by atoms with Crippen LogP contribution >= 0.6 is 0 Å². The monoisotopic (exact) mass is 287 g/mol. The number of carbonyl (C=O) groups is 1. The summed E-state index contributed by atoms with van der Waals surface area (Å²) in [6.45, 7) is 4.86. The smallest absolute Gasteiger partial charge is 0.324 e. The molecule has 0 heterocycles. The van der Waals surface area contributed by atoms with Crippen molar-refractivity contribution < 1.29 is 23.1 Å². The molecule has 0 saturated carbocycles. The van der Waals surface area contributed by atoms with E-state index in [9.17, 15) is 13.2 Å². The van der Waals surface area contributed by atoms with Gasteiger partial charge in [0.15, 0.2) is 0 Å². The number of aliphatic carboxylic acids is 1. The maximum Gasteiger partial charge on any atom is 0.324 e. The van der Waals surface area contributed by atoms with Crippen LogP contribution in [-0.2, 0) is 14.8 Å². The van der Waals surface area contributed by atoms with Crippen LogP contribution in [0.5, 0.6) is 5.75 Å². The van der Waals surface area contributed by atoms with E-state index in [0.29, 0.717) is 12.4 Å². The van der Waals surface area contributed by atoms with Crippen molar-refractivity contribution >= 4 is 16.0 Å². The summed E-state index contributed by atoms with van der Waals surface area (Å²) in [6.07, 6.45) is 0. The topological polar surface area (TPSA) is 92.7 Å². The number of sulfonamides is 1. The van der Waals surface area contributed by atoms with Crippen molar-refractivity contribution in [2.75, 3.05) is 6.61 Å². The fraction of sp³-hybridized carbons (Fsp3) is 0.417. The van der Waals surface area contributed by atoms with E-state index in [-0.39, 0.29) is 4.90 Å². The van der Waals surface area contributed by atoms with Crippen molar-refractivity contribution in [1.29, 1.82) is 0 Å². The minimum Gasteiger partial charge on any atom is -0.494 e. The van der Waals surface area contributed by atoms with Crippen molar-refractivity contribution in [2.24, 2.45) is 0 Å². The lowest BCUT2D eigenvalue weighted by atomic mass is 10.1. The zero-order chi connectivity index (χ0) is 14.7. The molecular weight excluding hydrogens is 270 g/mol. The Morgan fingerprint density at radius 1 is 1.32 bits per heavy atom. The highest BCUT2D eigenvalue weighted by molar-refractivity contribution is 7.89. The molecule has 0 bridgehead atoms. The highest BCUT2D eigenvalue weighted by atomic mass is 32.2. The fourth-order valence-electron chi connectivity index (χ4n) is 1.32. The molecular formula is C12H17NO5S. The van der Waals surface area contributed by atoms with E-state index in [0.717, 1.165) is 0 Å². The molecule has 106 valence electrons. The highest BCUT2D eigenvalue weighted by Gasteiger charge is 2.32. The van der Waals surface area contributed by atoms with Gasteiger partial charge < -0.3 is 9.84 Å². The lowest BCUT2D eigenvalue weighted by Gasteiger charge is -2.20. The molecule has 0 unspecified atom stereocenters. The molecule has 2 N–H and O–H groups in total. The van der Waals surface area contributed by atoms with Gasteiger partial charge >= 0.3 is 5.97 Å². The zero-order valence-electron chi connectivity index (χ0n) is 11.0. The van der Waals surface area contributed by atoms with Gasteiger partial charge in [0.1, 0.15) is 11.3 Å². The van der Waals surface area contributed by atoms with Gasteiger partial charge in [-0.15, -0.1) is 0 Å². The van der Waals surface area contributed by atoms with Crippen LogP contribution in [0.3, 0.4) is 0 Å². The van der Waals surface area contributed by atoms with Gasteiger partial charge in [-0.2, -0.15) is 4.72 Å². The van der Waals surface area contributed by atoms with Crippen molar-refractivity contribution in [1.82, 2.24) is 4.72 Å². The number of hydrogen-bond acceptors (Lipinski definition) is 4. The number of ether oxygens (including phenoxy) is 1. The summed E-state index contributed by atoms with van der Waals surface area (Å²) < 4.78 is 31.3. The zero-order valence-corrected chi connectivity index (χ0v) is 11.8. The fourth-order valence-corrected chi connectivity index (χ4v) is 2.69. The summed E-state index contributed by atoms with van der Waals surface area (Å²) in [6, 6.07) is 5.77. The third-order valence-electron chi connectivity index (χ3n) is 2.37. The average Bonchev–Trinajstić information content (AvgIpc) is 2.28. The molecule has 0 aromatic heterocycles. The van der Waals surface area contributed by atoms with Crippen molar-refractivity contribution in [2.45, 2.75) is 31.2 Å². The van der Waals surface area contributed by atoms with Crippen molar-refractivity contribution in [3.8, 4) is 5.75 Å². The second-order valence-corrected chi connectivity index (χ2v) is 6.12. The van der Waals surface area contributed by atoms with Crippen molar-refractivity contribution in [3.63, 3.8) is 0 Å². The molecule has 0 radical (unpaired) electrons. The van der Waals surface area contributed by atoms with E-state index in [1.165, 1.54) is 38.1 Å². The summed E-state index contributed by atoms with van der Waals surface area (Å²) in [7, 11) is -3.88. The van der Waals surface area contributed by atoms with Gasteiger partial charge in [-0.3, -0.25) is 4.79 Å². The molecule has 1 aromatic carbocycles. The summed E-state index contributed by atoms with van der Waals surface area (Å²) in [5.41, 5.74) is -1.57. The summed E-state index contributed by atoms with van der Waals surface area (Å²) in [5.74, 6) is -0.694. The summed E-state index contributed by atoms with van der Waals surface area (Å²) in [4.78, 5) is 10.9. The van der Waals surface area contributed by atoms with E-state index in [4.69, 9.17) is 9.84 Å². The molecule has 0 amide bonds. The maximum absolute atomic E-state index is 12.0. The van der Waals surface area contributed by atoms with E-state index in [1.807, 2.05) is 6.92 Å². The van der Waals surface area contributed by atoms with Gasteiger partial charge in [0.05, 0.1) is 11.5 Å². The first kappa shape index (κ1) is 15.5. The SMILES string of the molecule is CCOc1ccc(S(=O)(=O)NC(C)(C)C(=O)O)cc1. The second-order valence-electron chi connectivity index (χ2n) is 4.44. The Kier molecular flexibility index (Phi) is 4.54. The van der Waals surface area contributed by atoms with Crippen molar-refractivity contribution in [3.05, 3.63) is 24.3 Å². The molecule has 7 heteroatoms. The molecule has 0 aliphatic heterocycles. The molecule has 0 spiro atoms. The lowest BCUT2D eigenvalue weighted by Crippen LogP contribution is -2.49. The molecule has 6 nitrogen and oxygen atoms in total. The van der Waals surface area contributed by atoms with Crippen LogP contribution in [0.2, 0.25) is 0 Å². The third kappa shape index (κ3) is 3.93. The predicted molar refractivity (Wildman–Crippen MR) is 69.6 cm³/mol. The number of carboxylic acids is 1. The van der Waals surface area contributed by atoms with Crippen LogP contribution in [0, 0.1) is 0 Å². The first-order valence-electron chi connectivity index (χ1n) is 5.69. The molecule has 19 heavy (non-hydrogen) atoms. The van der Waals surface area contributed by atoms with E-state index < -0.39 is 21.5 Å². The van der Waals surface area contributed by atoms with Gasteiger partial charge in [-0.1, -0.05) is 0 Å². The lowest BCUT2D eigenvalue weighted by molar-refractivity contribution is -0.142. The van der Waals surface area contributed by atoms with Gasteiger partial charge in [0, 0.05) is 0 Å². The molecule has 1 aromatic rings. The minimum atomic E-state index is -3.88. The third-order valence-corrected chi connectivity index (χ3v) is 4.04. The molecule has 0 saturated heterocycles. The van der Waals surface area contributed by atoms with Gasteiger partial charge in [0.25, 0.3) is 0 Å². The normalized spacial score (nSPS) is 12.2. The molecule has 0 aliphatic carbocycles. The maximum atomic E-state index is 12.0. The number of carboxylic acid groups (broad SMARTS) is 1. The van der Waals surface area contributed by atoms with Crippen LogP contribution in [0.1, 0.15) is 20.8 Å². The Balaban J connectivity index is 2.98. The Morgan fingerprint density at radius 3 is 2.26 bits per heavy atom. The van der Waals surface area contributed by atoms with Gasteiger partial charge in [-0.05, 0) is 45.0 Å². The number of rotatable bonds is 6. The quantitative estimate of drug-likeness (QED) is 0.820. The van der Waals surface area contributed by atoms with Crippen LogP contribution < -0.4 is 9.46 Å². The van der Waals surface area contributed by atoms with Crippen LogP contribution in [0.15, 0.2) is 29.2 Å². The predicted octanol–water partition coefficient (Wildman–Crippen LogP) is 1.23. The largest absolute Gasteiger partial charge is 0.494 e. The van der Waals surface area contributed by atoms with Crippen LogP contribution in [0.25, 0.3) is 0 Å². The number of benzene rings is 1.